The summed E-state index contributed by atoms with van der Waals surface area (Å²) in [4.78, 5) is 0. The van der Waals surface area contributed by atoms with Crippen LogP contribution in [0.4, 0.5) is 0 Å². The smallest absolute Gasteiger partial charge is 0.211 e. The molecular formula is C14H23ClN2O2S. The van der Waals surface area contributed by atoms with Crippen molar-refractivity contribution in [1.82, 2.24) is 9.62 Å². The van der Waals surface area contributed by atoms with Crippen LogP contribution in [-0.4, -0.2) is 38.6 Å². The maximum Gasteiger partial charge on any atom is 0.211 e. The molecule has 0 aromatic heterocycles. The van der Waals surface area contributed by atoms with Crippen molar-refractivity contribution >= 4 is 21.6 Å². The Hall–Kier alpha value is -0.620. The van der Waals surface area contributed by atoms with Crippen LogP contribution in [-0.2, 0) is 10.0 Å². The molecule has 0 fully saturated rings. The largest absolute Gasteiger partial charge is 0.310 e. The van der Waals surface area contributed by atoms with E-state index in [1.54, 1.807) is 0 Å². The molecule has 1 aromatic rings. The Labute approximate surface area is 127 Å². The molecule has 1 aromatic carbocycles. The summed E-state index contributed by atoms with van der Waals surface area (Å²) in [7, 11) is -3.08. The van der Waals surface area contributed by atoms with E-state index in [-0.39, 0.29) is 6.04 Å². The van der Waals surface area contributed by atoms with E-state index in [9.17, 15) is 8.42 Å². The van der Waals surface area contributed by atoms with Crippen LogP contribution in [0.3, 0.4) is 0 Å². The molecule has 0 saturated carbocycles. The standard InChI is InChI=1S/C14H23ClN2O2S/c1-4-17(20(3,18)19)11-5-10-16-12(2)13-6-8-14(15)9-7-13/h6-9,12,16H,4-5,10-11H2,1-3H3. The highest BCUT2D eigenvalue weighted by Crippen LogP contribution is 2.15. The second-order valence-electron chi connectivity index (χ2n) is 4.84. The van der Waals surface area contributed by atoms with Gasteiger partial charge in [-0.25, -0.2) is 12.7 Å². The van der Waals surface area contributed by atoms with Gasteiger partial charge in [0, 0.05) is 24.2 Å². The van der Waals surface area contributed by atoms with Crippen LogP contribution >= 0.6 is 11.6 Å². The lowest BCUT2D eigenvalue weighted by Crippen LogP contribution is -2.32. The summed E-state index contributed by atoms with van der Waals surface area (Å²) in [6.07, 6.45) is 2.04. The van der Waals surface area contributed by atoms with Gasteiger partial charge in [-0.05, 0) is 37.6 Å². The van der Waals surface area contributed by atoms with Crippen molar-refractivity contribution in [3.05, 3.63) is 34.9 Å². The van der Waals surface area contributed by atoms with Crippen molar-refractivity contribution in [2.24, 2.45) is 0 Å². The van der Waals surface area contributed by atoms with Gasteiger partial charge in [0.05, 0.1) is 6.26 Å². The Balaban J connectivity index is 2.35. The van der Waals surface area contributed by atoms with Crippen molar-refractivity contribution in [1.29, 1.82) is 0 Å². The van der Waals surface area contributed by atoms with Gasteiger partial charge in [-0.1, -0.05) is 30.7 Å². The minimum absolute atomic E-state index is 0.223. The maximum atomic E-state index is 11.4. The van der Waals surface area contributed by atoms with Gasteiger partial charge in [0.2, 0.25) is 10.0 Å². The summed E-state index contributed by atoms with van der Waals surface area (Å²) in [5, 5.41) is 4.11. The van der Waals surface area contributed by atoms with E-state index in [0.717, 1.165) is 18.0 Å². The second-order valence-corrected chi connectivity index (χ2v) is 7.25. The highest BCUT2D eigenvalue weighted by molar-refractivity contribution is 7.88. The lowest BCUT2D eigenvalue weighted by Gasteiger charge is -2.19. The Morgan fingerprint density at radius 2 is 1.90 bits per heavy atom. The molecule has 0 bridgehead atoms. The van der Waals surface area contributed by atoms with Crippen LogP contribution in [0.15, 0.2) is 24.3 Å². The molecule has 0 aliphatic rings. The zero-order valence-corrected chi connectivity index (χ0v) is 13.8. The molecule has 0 spiro atoms. The highest BCUT2D eigenvalue weighted by Gasteiger charge is 2.13. The SMILES string of the molecule is CCN(CCCNC(C)c1ccc(Cl)cc1)S(C)(=O)=O. The van der Waals surface area contributed by atoms with Crippen molar-refractivity contribution in [3.8, 4) is 0 Å². The monoisotopic (exact) mass is 318 g/mol. The Bertz CT molecular complexity index is 502. The van der Waals surface area contributed by atoms with Gasteiger partial charge in [0.25, 0.3) is 0 Å². The number of hydrogen-bond donors (Lipinski definition) is 1. The molecule has 0 saturated heterocycles. The summed E-state index contributed by atoms with van der Waals surface area (Å²) in [6.45, 7) is 5.78. The maximum absolute atomic E-state index is 11.4. The summed E-state index contributed by atoms with van der Waals surface area (Å²) >= 11 is 5.85. The van der Waals surface area contributed by atoms with Crippen molar-refractivity contribution in [2.45, 2.75) is 26.3 Å². The van der Waals surface area contributed by atoms with Crippen LogP contribution < -0.4 is 5.32 Å². The fourth-order valence-corrected chi connectivity index (χ4v) is 3.06. The predicted octanol–water partition coefficient (Wildman–Crippen LogP) is 2.66. The van der Waals surface area contributed by atoms with E-state index in [4.69, 9.17) is 11.6 Å². The van der Waals surface area contributed by atoms with Gasteiger partial charge >= 0.3 is 0 Å². The van der Waals surface area contributed by atoms with Gasteiger partial charge in [-0.3, -0.25) is 0 Å². The minimum Gasteiger partial charge on any atom is -0.310 e. The number of rotatable bonds is 8. The quantitative estimate of drug-likeness (QED) is 0.750. The van der Waals surface area contributed by atoms with Crippen LogP contribution in [0.1, 0.15) is 31.9 Å². The number of nitrogens with zero attached hydrogens (tertiary/aromatic N) is 1. The van der Waals surface area contributed by atoms with E-state index >= 15 is 0 Å². The molecule has 114 valence electrons. The molecule has 0 heterocycles. The lowest BCUT2D eigenvalue weighted by atomic mass is 10.1. The minimum atomic E-state index is -3.08. The van der Waals surface area contributed by atoms with Crippen LogP contribution in [0.5, 0.6) is 0 Å². The van der Waals surface area contributed by atoms with Gasteiger partial charge in [-0.15, -0.1) is 0 Å². The third kappa shape index (κ3) is 5.79. The van der Waals surface area contributed by atoms with E-state index in [0.29, 0.717) is 13.1 Å². The molecular weight excluding hydrogens is 296 g/mol. The van der Waals surface area contributed by atoms with Gasteiger partial charge in [0.15, 0.2) is 0 Å². The molecule has 0 aliphatic heterocycles. The van der Waals surface area contributed by atoms with Crippen molar-refractivity contribution in [3.63, 3.8) is 0 Å². The first kappa shape index (κ1) is 17.4. The summed E-state index contributed by atoms with van der Waals surface area (Å²) in [6, 6.07) is 7.96. The average molecular weight is 319 g/mol. The molecule has 0 amide bonds. The molecule has 20 heavy (non-hydrogen) atoms. The predicted molar refractivity (Wildman–Crippen MR) is 84.6 cm³/mol. The Morgan fingerprint density at radius 1 is 1.30 bits per heavy atom. The molecule has 1 rings (SSSR count). The highest BCUT2D eigenvalue weighted by atomic mass is 35.5. The topological polar surface area (TPSA) is 49.4 Å². The number of sulfonamides is 1. The average Bonchev–Trinajstić information content (AvgIpc) is 2.37. The normalized spacial score (nSPS) is 13.7. The van der Waals surface area contributed by atoms with Gasteiger partial charge < -0.3 is 5.32 Å². The second kappa shape index (κ2) is 7.98. The number of benzene rings is 1. The van der Waals surface area contributed by atoms with Gasteiger partial charge in [-0.2, -0.15) is 0 Å². The first-order valence-electron chi connectivity index (χ1n) is 6.78. The van der Waals surface area contributed by atoms with E-state index < -0.39 is 10.0 Å². The lowest BCUT2D eigenvalue weighted by molar-refractivity contribution is 0.413. The zero-order valence-electron chi connectivity index (χ0n) is 12.3. The number of nitrogens with one attached hydrogen (secondary N) is 1. The molecule has 0 aliphatic carbocycles. The first-order valence-corrected chi connectivity index (χ1v) is 9.01. The summed E-state index contributed by atoms with van der Waals surface area (Å²) in [5.74, 6) is 0. The van der Waals surface area contributed by atoms with Crippen LogP contribution in [0.25, 0.3) is 0 Å². The third-order valence-electron chi connectivity index (χ3n) is 3.23. The van der Waals surface area contributed by atoms with E-state index in [2.05, 4.69) is 12.2 Å². The van der Waals surface area contributed by atoms with Gasteiger partial charge in [0.1, 0.15) is 0 Å². The fraction of sp³-hybridized carbons (Fsp3) is 0.571. The fourth-order valence-electron chi connectivity index (χ4n) is 2.00. The van der Waals surface area contributed by atoms with Crippen molar-refractivity contribution in [2.75, 3.05) is 25.9 Å². The Kier molecular flexibility index (Phi) is 6.95. The summed E-state index contributed by atoms with van der Waals surface area (Å²) < 4.78 is 24.4. The zero-order chi connectivity index (χ0) is 15.2. The molecule has 1 unspecified atom stereocenters. The molecule has 1 N–H and O–H groups in total. The van der Waals surface area contributed by atoms with Crippen LogP contribution in [0.2, 0.25) is 5.02 Å². The van der Waals surface area contributed by atoms with E-state index in [1.807, 2.05) is 31.2 Å². The summed E-state index contributed by atoms with van der Waals surface area (Å²) in [5.41, 5.74) is 1.17. The number of hydrogen-bond acceptors (Lipinski definition) is 3. The first-order chi connectivity index (χ1) is 9.34. The van der Waals surface area contributed by atoms with Crippen molar-refractivity contribution < 1.29 is 8.42 Å². The van der Waals surface area contributed by atoms with E-state index in [1.165, 1.54) is 16.1 Å². The molecule has 1 atom stereocenters. The third-order valence-corrected chi connectivity index (χ3v) is 4.86. The number of halogens is 1. The molecule has 4 nitrogen and oxygen atoms in total. The molecule has 0 radical (unpaired) electrons. The molecule has 6 heteroatoms. The Morgan fingerprint density at radius 3 is 2.40 bits per heavy atom. The van der Waals surface area contributed by atoms with Crippen LogP contribution in [0, 0.1) is 0 Å².